The maximum Gasteiger partial charge on any atom is 0.227 e. The van der Waals surface area contributed by atoms with Crippen molar-refractivity contribution >= 4 is 29.0 Å². The Bertz CT molecular complexity index is 1200. The van der Waals surface area contributed by atoms with Crippen LogP contribution < -0.4 is 4.90 Å². The highest BCUT2D eigenvalue weighted by atomic mass is 35.5. The van der Waals surface area contributed by atoms with Gasteiger partial charge in [-0.25, -0.2) is 0 Å². The van der Waals surface area contributed by atoms with Gasteiger partial charge < -0.3 is 9.80 Å². The zero-order valence-electron chi connectivity index (χ0n) is 16.9. The van der Waals surface area contributed by atoms with Gasteiger partial charge in [0, 0.05) is 36.8 Å². The van der Waals surface area contributed by atoms with Crippen molar-refractivity contribution in [3.8, 4) is 11.4 Å². The molecule has 1 aliphatic heterocycles. The lowest BCUT2D eigenvalue weighted by molar-refractivity contribution is -0.130. The Kier molecular flexibility index (Phi) is 5.26. The number of hydrogen-bond donors (Lipinski definition) is 0. The standard InChI is InChI=1S/C23H21ClN6O/c24-19-8-6-17(7-9-19)16-22(31)29-14-12-28(13-15-29)21-11-10-20-25-26-23(30(20)27-21)18-4-2-1-3-5-18/h1-11H,12-16H2. The van der Waals surface area contributed by atoms with E-state index in [0.717, 1.165) is 30.0 Å². The summed E-state index contributed by atoms with van der Waals surface area (Å²) in [5.74, 6) is 1.71. The molecule has 0 atom stereocenters. The molecular formula is C23H21ClN6O. The van der Waals surface area contributed by atoms with Crippen molar-refractivity contribution in [1.29, 1.82) is 0 Å². The number of carbonyl (C=O) groups is 1. The Balaban J connectivity index is 1.28. The molecule has 2 aromatic heterocycles. The maximum atomic E-state index is 12.7. The molecule has 1 saturated heterocycles. The first-order valence-corrected chi connectivity index (χ1v) is 10.6. The van der Waals surface area contributed by atoms with E-state index in [1.807, 2.05) is 71.6 Å². The quantitative estimate of drug-likeness (QED) is 0.495. The van der Waals surface area contributed by atoms with E-state index in [4.69, 9.17) is 16.7 Å². The van der Waals surface area contributed by atoms with Gasteiger partial charge in [-0.1, -0.05) is 54.1 Å². The number of hydrogen-bond acceptors (Lipinski definition) is 5. The van der Waals surface area contributed by atoms with Gasteiger partial charge in [0.1, 0.15) is 5.82 Å². The summed E-state index contributed by atoms with van der Waals surface area (Å²) in [6.45, 7) is 2.79. The lowest BCUT2D eigenvalue weighted by Gasteiger charge is -2.35. The molecule has 0 radical (unpaired) electrons. The number of amides is 1. The van der Waals surface area contributed by atoms with E-state index >= 15 is 0 Å². The largest absolute Gasteiger partial charge is 0.352 e. The zero-order chi connectivity index (χ0) is 21.2. The third-order valence-electron chi connectivity index (χ3n) is 5.51. The number of aromatic nitrogens is 4. The summed E-state index contributed by atoms with van der Waals surface area (Å²) in [4.78, 5) is 16.8. The van der Waals surface area contributed by atoms with Gasteiger partial charge in [0.2, 0.25) is 5.91 Å². The van der Waals surface area contributed by atoms with Crippen molar-refractivity contribution in [3.05, 3.63) is 77.3 Å². The molecule has 1 fully saturated rings. The first-order valence-electron chi connectivity index (χ1n) is 10.2. The molecule has 0 N–H and O–H groups in total. The number of benzene rings is 2. The summed E-state index contributed by atoms with van der Waals surface area (Å²) >= 11 is 5.93. The number of piperazine rings is 1. The van der Waals surface area contributed by atoms with E-state index < -0.39 is 0 Å². The third kappa shape index (κ3) is 4.09. The molecule has 0 aliphatic carbocycles. The Hall–Kier alpha value is -3.45. The molecule has 1 amide bonds. The number of fused-ring (bicyclic) bond motifs is 1. The molecule has 5 rings (SSSR count). The highest BCUT2D eigenvalue weighted by molar-refractivity contribution is 6.30. The Morgan fingerprint density at radius 2 is 1.61 bits per heavy atom. The average Bonchev–Trinajstić information content (AvgIpc) is 3.24. The number of rotatable bonds is 4. The molecule has 31 heavy (non-hydrogen) atoms. The maximum absolute atomic E-state index is 12.7. The van der Waals surface area contributed by atoms with Crippen LogP contribution in [0.15, 0.2) is 66.7 Å². The van der Waals surface area contributed by atoms with Gasteiger partial charge in [0.15, 0.2) is 11.5 Å². The number of carbonyl (C=O) groups excluding carboxylic acids is 1. The van der Waals surface area contributed by atoms with Crippen LogP contribution in [0.5, 0.6) is 0 Å². The molecule has 7 nitrogen and oxygen atoms in total. The SMILES string of the molecule is O=C(Cc1ccc(Cl)cc1)N1CCN(c2ccc3nnc(-c4ccccc4)n3n2)CC1. The van der Waals surface area contributed by atoms with Gasteiger partial charge in [0.05, 0.1) is 6.42 Å². The molecule has 0 bridgehead atoms. The van der Waals surface area contributed by atoms with Gasteiger partial charge in [-0.2, -0.15) is 4.52 Å². The smallest absolute Gasteiger partial charge is 0.227 e. The minimum atomic E-state index is 0.135. The molecule has 3 heterocycles. The van der Waals surface area contributed by atoms with Gasteiger partial charge in [-0.05, 0) is 29.8 Å². The van der Waals surface area contributed by atoms with Crippen LogP contribution in [0.25, 0.3) is 17.0 Å². The first kappa shape index (κ1) is 19.5. The second kappa shape index (κ2) is 8.35. The average molecular weight is 433 g/mol. The van der Waals surface area contributed by atoms with E-state index in [0.29, 0.717) is 36.0 Å². The summed E-state index contributed by atoms with van der Waals surface area (Å²) in [5.41, 5.74) is 2.65. The topological polar surface area (TPSA) is 66.6 Å². The second-order valence-corrected chi connectivity index (χ2v) is 7.96. The highest BCUT2D eigenvalue weighted by Gasteiger charge is 2.23. The summed E-state index contributed by atoms with van der Waals surface area (Å²) in [6, 6.07) is 21.2. The molecule has 2 aromatic carbocycles. The summed E-state index contributed by atoms with van der Waals surface area (Å²) < 4.78 is 1.78. The van der Waals surface area contributed by atoms with E-state index in [2.05, 4.69) is 15.1 Å². The molecule has 0 saturated carbocycles. The van der Waals surface area contributed by atoms with Crippen LogP contribution in [0.4, 0.5) is 5.82 Å². The van der Waals surface area contributed by atoms with Crippen molar-refractivity contribution in [2.75, 3.05) is 31.1 Å². The first-order chi connectivity index (χ1) is 15.2. The Morgan fingerprint density at radius 3 is 2.35 bits per heavy atom. The van der Waals surface area contributed by atoms with Crippen LogP contribution in [-0.4, -0.2) is 56.8 Å². The molecular weight excluding hydrogens is 412 g/mol. The predicted octanol–water partition coefficient (Wildman–Crippen LogP) is 3.34. The molecule has 4 aromatic rings. The van der Waals surface area contributed by atoms with Crippen LogP contribution in [0, 0.1) is 0 Å². The molecule has 8 heteroatoms. The lowest BCUT2D eigenvalue weighted by atomic mass is 10.1. The number of nitrogens with zero attached hydrogens (tertiary/aromatic N) is 6. The predicted molar refractivity (Wildman–Crippen MR) is 120 cm³/mol. The monoisotopic (exact) mass is 432 g/mol. The van der Waals surface area contributed by atoms with Crippen LogP contribution in [0.1, 0.15) is 5.56 Å². The second-order valence-electron chi connectivity index (χ2n) is 7.52. The highest BCUT2D eigenvalue weighted by Crippen LogP contribution is 2.20. The van der Waals surface area contributed by atoms with E-state index in [1.54, 1.807) is 4.52 Å². The van der Waals surface area contributed by atoms with Gasteiger partial charge in [-0.3, -0.25) is 4.79 Å². The minimum Gasteiger partial charge on any atom is -0.352 e. The van der Waals surface area contributed by atoms with Gasteiger partial charge >= 0.3 is 0 Å². The fourth-order valence-corrected chi connectivity index (χ4v) is 3.91. The fraction of sp³-hybridized carbons (Fsp3) is 0.217. The molecule has 0 unspecified atom stereocenters. The number of halogens is 1. The molecule has 0 spiro atoms. The van der Waals surface area contributed by atoms with Crippen LogP contribution in [0.2, 0.25) is 5.02 Å². The van der Waals surface area contributed by atoms with Crippen molar-refractivity contribution in [2.45, 2.75) is 6.42 Å². The van der Waals surface area contributed by atoms with Crippen molar-refractivity contribution in [3.63, 3.8) is 0 Å². The minimum absolute atomic E-state index is 0.135. The summed E-state index contributed by atoms with van der Waals surface area (Å²) in [6.07, 6.45) is 0.391. The molecule has 1 aliphatic rings. The Labute approximate surface area is 184 Å². The van der Waals surface area contributed by atoms with Crippen LogP contribution in [-0.2, 0) is 11.2 Å². The summed E-state index contributed by atoms with van der Waals surface area (Å²) in [7, 11) is 0. The van der Waals surface area contributed by atoms with Crippen LogP contribution >= 0.6 is 11.6 Å². The van der Waals surface area contributed by atoms with E-state index in [-0.39, 0.29) is 5.91 Å². The van der Waals surface area contributed by atoms with Gasteiger partial charge in [0.25, 0.3) is 0 Å². The van der Waals surface area contributed by atoms with Crippen LogP contribution in [0.3, 0.4) is 0 Å². The summed E-state index contributed by atoms with van der Waals surface area (Å²) in [5, 5.41) is 14.0. The van der Waals surface area contributed by atoms with E-state index in [1.165, 1.54) is 0 Å². The lowest BCUT2D eigenvalue weighted by Crippen LogP contribution is -2.49. The number of anilines is 1. The third-order valence-corrected chi connectivity index (χ3v) is 5.76. The van der Waals surface area contributed by atoms with Gasteiger partial charge in [-0.15, -0.1) is 15.3 Å². The van der Waals surface area contributed by atoms with E-state index in [9.17, 15) is 4.79 Å². The fourth-order valence-electron chi connectivity index (χ4n) is 3.79. The van der Waals surface area contributed by atoms with Crippen molar-refractivity contribution in [1.82, 2.24) is 24.7 Å². The zero-order valence-corrected chi connectivity index (χ0v) is 17.6. The molecule has 156 valence electrons. The van der Waals surface area contributed by atoms with Crippen molar-refractivity contribution in [2.24, 2.45) is 0 Å². The normalized spacial score (nSPS) is 14.2. The van der Waals surface area contributed by atoms with Crippen molar-refractivity contribution < 1.29 is 4.79 Å². The Morgan fingerprint density at radius 1 is 0.871 bits per heavy atom.